The number of benzene rings is 1. The first-order chi connectivity index (χ1) is 10.0. The van der Waals surface area contributed by atoms with E-state index in [9.17, 15) is 14.0 Å². The highest BCUT2D eigenvalue weighted by Gasteiger charge is 2.51. The van der Waals surface area contributed by atoms with Crippen molar-refractivity contribution in [3.8, 4) is 0 Å². The molecule has 1 aromatic carbocycles. The third-order valence-corrected chi connectivity index (χ3v) is 5.24. The lowest BCUT2D eigenvalue weighted by Crippen LogP contribution is -2.35. The molecule has 1 aromatic rings. The average Bonchev–Trinajstić information content (AvgIpc) is 2.60. The molecule has 112 valence electrons. The Bertz CT molecular complexity index is 594. The Balaban J connectivity index is 1.97. The van der Waals surface area contributed by atoms with E-state index in [0.29, 0.717) is 10.2 Å². The van der Waals surface area contributed by atoms with Crippen LogP contribution in [0.3, 0.4) is 0 Å². The zero-order valence-corrected chi connectivity index (χ0v) is 13.3. The largest absolute Gasteiger partial charge is 0.274 e. The fourth-order valence-corrected chi connectivity index (χ4v) is 4.03. The van der Waals surface area contributed by atoms with E-state index in [2.05, 4.69) is 15.9 Å². The first-order valence-corrected chi connectivity index (χ1v) is 8.15. The number of anilines is 1. The monoisotopic (exact) mass is 353 g/mol. The molecule has 0 atom stereocenters. The molecule has 0 aromatic heterocycles. The lowest BCUT2D eigenvalue weighted by atomic mass is 9.79. The molecule has 3 rings (SSSR count). The molecule has 1 saturated heterocycles. The van der Waals surface area contributed by atoms with Crippen molar-refractivity contribution in [1.29, 1.82) is 0 Å². The predicted molar refractivity (Wildman–Crippen MR) is 81.3 cm³/mol. The van der Waals surface area contributed by atoms with Crippen LogP contribution in [-0.4, -0.2) is 11.8 Å². The van der Waals surface area contributed by atoms with E-state index < -0.39 is 11.2 Å². The molecule has 0 N–H and O–H groups in total. The molecule has 1 aliphatic heterocycles. The molecular weight excluding hydrogens is 337 g/mol. The van der Waals surface area contributed by atoms with Gasteiger partial charge in [-0.05, 0) is 47.0 Å². The summed E-state index contributed by atoms with van der Waals surface area (Å²) in [5.41, 5.74) is -0.0750. The van der Waals surface area contributed by atoms with Gasteiger partial charge >= 0.3 is 0 Å². The van der Waals surface area contributed by atoms with E-state index >= 15 is 0 Å². The van der Waals surface area contributed by atoms with Gasteiger partial charge in [0.05, 0.1) is 11.1 Å². The van der Waals surface area contributed by atoms with Crippen LogP contribution in [0.15, 0.2) is 22.7 Å². The number of rotatable bonds is 1. The molecule has 1 aliphatic carbocycles. The third-order valence-electron chi connectivity index (χ3n) is 4.61. The van der Waals surface area contributed by atoms with Gasteiger partial charge in [0.15, 0.2) is 0 Å². The van der Waals surface area contributed by atoms with Gasteiger partial charge in [0.25, 0.3) is 0 Å². The minimum atomic E-state index is -0.526. The Morgan fingerprint density at radius 3 is 2.38 bits per heavy atom. The molecule has 1 heterocycles. The molecule has 2 aliphatic rings. The summed E-state index contributed by atoms with van der Waals surface area (Å²) in [5.74, 6) is -0.676. The quantitative estimate of drug-likeness (QED) is 0.709. The Morgan fingerprint density at radius 1 is 1.10 bits per heavy atom. The lowest BCUT2D eigenvalue weighted by molar-refractivity contribution is -0.126. The van der Waals surface area contributed by atoms with Crippen molar-refractivity contribution in [2.24, 2.45) is 5.41 Å². The van der Waals surface area contributed by atoms with Crippen LogP contribution in [0.2, 0.25) is 0 Å². The Kier molecular flexibility index (Phi) is 3.86. The van der Waals surface area contributed by atoms with Crippen LogP contribution >= 0.6 is 15.9 Å². The Hall–Kier alpha value is -1.23. The molecule has 2 fully saturated rings. The van der Waals surface area contributed by atoms with Crippen LogP contribution in [0.25, 0.3) is 0 Å². The number of halogens is 2. The lowest BCUT2D eigenvalue weighted by Gasteiger charge is -2.25. The summed E-state index contributed by atoms with van der Waals surface area (Å²) in [6.45, 7) is 0. The summed E-state index contributed by atoms with van der Waals surface area (Å²) in [5, 5.41) is 0. The molecular formula is C16H17BrFNO2. The fraction of sp³-hybridized carbons (Fsp3) is 0.500. The number of amides is 2. The van der Waals surface area contributed by atoms with E-state index in [1.54, 1.807) is 0 Å². The molecule has 3 nitrogen and oxygen atoms in total. The van der Waals surface area contributed by atoms with Crippen molar-refractivity contribution in [2.45, 2.75) is 44.9 Å². The number of imide groups is 1. The summed E-state index contributed by atoms with van der Waals surface area (Å²) < 4.78 is 13.7. The number of nitrogens with zero attached hydrogens (tertiary/aromatic N) is 1. The zero-order valence-electron chi connectivity index (χ0n) is 11.7. The zero-order chi connectivity index (χ0) is 15.0. The van der Waals surface area contributed by atoms with Gasteiger partial charge in [0.2, 0.25) is 11.8 Å². The second kappa shape index (κ2) is 5.52. The molecule has 0 bridgehead atoms. The number of carbonyl (C=O) groups excluding carboxylic acids is 2. The normalized spacial score (nSPS) is 21.9. The summed E-state index contributed by atoms with van der Waals surface area (Å²) in [6, 6.07) is 4.05. The summed E-state index contributed by atoms with van der Waals surface area (Å²) in [4.78, 5) is 26.5. The summed E-state index contributed by atoms with van der Waals surface area (Å²) in [7, 11) is 0. The highest BCUT2D eigenvalue weighted by Crippen LogP contribution is 2.46. The molecule has 1 saturated carbocycles. The van der Waals surface area contributed by atoms with Gasteiger partial charge in [-0.15, -0.1) is 0 Å². The van der Waals surface area contributed by atoms with Gasteiger partial charge in [-0.25, -0.2) is 9.29 Å². The maximum absolute atomic E-state index is 13.2. The van der Waals surface area contributed by atoms with Crippen LogP contribution in [0.4, 0.5) is 10.1 Å². The summed E-state index contributed by atoms with van der Waals surface area (Å²) in [6.07, 6.45) is 6.11. The second-order valence-electron chi connectivity index (χ2n) is 6.00. The van der Waals surface area contributed by atoms with Gasteiger partial charge in [-0.1, -0.05) is 25.7 Å². The highest BCUT2D eigenvalue weighted by atomic mass is 79.9. The van der Waals surface area contributed by atoms with Crippen molar-refractivity contribution in [3.05, 3.63) is 28.5 Å². The second-order valence-corrected chi connectivity index (χ2v) is 6.86. The van der Waals surface area contributed by atoms with E-state index in [4.69, 9.17) is 0 Å². The maximum atomic E-state index is 13.2. The molecule has 0 radical (unpaired) electrons. The Labute approximate surface area is 131 Å². The van der Waals surface area contributed by atoms with Crippen LogP contribution in [-0.2, 0) is 9.59 Å². The predicted octanol–water partition coefficient (Wildman–Crippen LogP) is 4.19. The van der Waals surface area contributed by atoms with Crippen molar-refractivity contribution < 1.29 is 14.0 Å². The third kappa shape index (κ3) is 2.52. The molecule has 1 spiro atoms. The summed E-state index contributed by atoms with van der Waals surface area (Å²) >= 11 is 3.25. The van der Waals surface area contributed by atoms with Crippen LogP contribution < -0.4 is 4.90 Å². The molecule has 0 unspecified atom stereocenters. The maximum Gasteiger partial charge on any atom is 0.240 e. The topological polar surface area (TPSA) is 37.4 Å². The number of hydrogen-bond donors (Lipinski definition) is 0. The minimum absolute atomic E-state index is 0.110. The van der Waals surface area contributed by atoms with E-state index in [1.807, 2.05) is 0 Å². The van der Waals surface area contributed by atoms with E-state index in [-0.39, 0.29) is 18.2 Å². The molecule has 5 heteroatoms. The first kappa shape index (κ1) is 14.7. The number of hydrogen-bond acceptors (Lipinski definition) is 2. The van der Waals surface area contributed by atoms with Gasteiger partial charge < -0.3 is 0 Å². The van der Waals surface area contributed by atoms with Gasteiger partial charge in [0, 0.05) is 10.9 Å². The van der Waals surface area contributed by atoms with Crippen molar-refractivity contribution in [2.75, 3.05) is 4.90 Å². The minimum Gasteiger partial charge on any atom is -0.274 e. The smallest absolute Gasteiger partial charge is 0.240 e. The van der Waals surface area contributed by atoms with Crippen molar-refractivity contribution in [1.82, 2.24) is 0 Å². The van der Waals surface area contributed by atoms with Crippen molar-refractivity contribution in [3.63, 3.8) is 0 Å². The van der Waals surface area contributed by atoms with Crippen LogP contribution in [0.1, 0.15) is 44.9 Å². The van der Waals surface area contributed by atoms with Crippen molar-refractivity contribution >= 4 is 33.4 Å². The highest BCUT2D eigenvalue weighted by molar-refractivity contribution is 9.10. The SMILES string of the molecule is O=C1CC2(CCCCCC2)C(=O)N1c1ccc(F)cc1Br. The number of carbonyl (C=O) groups is 2. The van der Waals surface area contributed by atoms with Crippen LogP contribution in [0, 0.1) is 11.2 Å². The van der Waals surface area contributed by atoms with Crippen LogP contribution in [0.5, 0.6) is 0 Å². The molecule has 2 amide bonds. The fourth-order valence-electron chi connectivity index (χ4n) is 3.50. The van der Waals surface area contributed by atoms with Gasteiger partial charge in [-0.3, -0.25) is 9.59 Å². The molecule has 21 heavy (non-hydrogen) atoms. The standard InChI is InChI=1S/C16H17BrFNO2/c17-12-9-11(18)5-6-13(12)19-14(20)10-16(15(19)21)7-3-1-2-4-8-16/h5-6,9H,1-4,7-8,10H2. The van der Waals surface area contributed by atoms with Gasteiger partial charge in [-0.2, -0.15) is 0 Å². The first-order valence-electron chi connectivity index (χ1n) is 7.36. The van der Waals surface area contributed by atoms with E-state index in [0.717, 1.165) is 38.5 Å². The van der Waals surface area contributed by atoms with E-state index in [1.165, 1.54) is 23.1 Å². The Morgan fingerprint density at radius 2 is 1.76 bits per heavy atom. The van der Waals surface area contributed by atoms with Gasteiger partial charge in [0.1, 0.15) is 5.82 Å². The average molecular weight is 354 g/mol.